The van der Waals surface area contributed by atoms with Gasteiger partial charge in [-0.2, -0.15) is 0 Å². The van der Waals surface area contributed by atoms with Gasteiger partial charge in [0.2, 0.25) is 5.78 Å². The van der Waals surface area contributed by atoms with E-state index in [1.807, 2.05) is 0 Å². The fraction of sp³-hybridized carbons (Fsp3) is 0.143. The van der Waals surface area contributed by atoms with Crippen molar-refractivity contribution in [3.63, 3.8) is 0 Å². The maximum Gasteiger partial charge on any atom is 0.213 e. The van der Waals surface area contributed by atoms with E-state index in [2.05, 4.69) is 10.3 Å². The van der Waals surface area contributed by atoms with E-state index in [9.17, 15) is 4.79 Å². The highest BCUT2D eigenvalue weighted by atomic mass is 35.5. The second kappa shape index (κ2) is 5.71. The van der Waals surface area contributed by atoms with Crippen LogP contribution in [0.2, 0.25) is 5.02 Å². The van der Waals surface area contributed by atoms with E-state index in [0.29, 0.717) is 27.7 Å². The molecular weight excluding hydrogens is 264 g/mol. The second-order valence-electron chi connectivity index (χ2n) is 3.86. The Labute approximate surface area is 116 Å². The summed E-state index contributed by atoms with van der Waals surface area (Å²) in [5.74, 6) is 0.450. The van der Waals surface area contributed by atoms with E-state index in [0.717, 1.165) is 0 Å². The molecule has 0 unspecified atom stereocenters. The Kier molecular flexibility index (Phi) is 4.02. The number of methoxy groups -OCH3 is 1. The first kappa shape index (κ1) is 13.4. The van der Waals surface area contributed by atoms with Crippen molar-refractivity contribution in [3.05, 3.63) is 52.8 Å². The Bertz CT molecular complexity index is 614. The summed E-state index contributed by atoms with van der Waals surface area (Å²) >= 11 is 5.86. The molecule has 0 saturated carbocycles. The number of pyridine rings is 1. The van der Waals surface area contributed by atoms with Crippen molar-refractivity contribution in [1.29, 1.82) is 0 Å². The number of ether oxygens (including phenoxy) is 1. The van der Waals surface area contributed by atoms with Crippen molar-refractivity contribution in [2.24, 2.45) is 0 Å². The number of halogens is 1. The van der Waals surface area contributed by atoms with Crippen LogP contribution in [-0.4, -0.2) is 24.9 Å². The molecular formula is C14H13ClN2O2. The molecule has 5 heteroatoms. The zero-order chi connectivity index (χ0) is 13.8. The molecule has 19 heavy (non-hydrogen) atoms. The van der Waals surface area contributed by atoms with Crippen LogP contribution in [0.5, 0.6) is 5.75 Å². The summed E-state index contributed by atoms with van der Waals surface area (Å²) < 4.78 is 5.11. The smallest absolute Gasteiger partial charge is 0.213 e. The van der Waals surface area contributed by atoms with E-state index in [1.54, 1.807) is 44.5 Å². The molecule has 0 aliphatic carbocycles. The van der Waals surface area contributed by atoms with Gasteiger partial charge in [0.1, 0.15) is 11.4 Å². The number of nitrogens with one attached hydrogen (secondary N) is 1. The molecule has 0 atom stereocenters. The van der Waals surface area contributed by atoms with E-state index in [-0.39, 0.29) is 5.78 Å². The van der Waals surface area contributed by atoms with E-state index in [1.165, 1.54) is 6.20 Å². The highest BCUT2D eigenvalue weighted by Gasteiger charge is 2.15. The SMILES string of the molecule is CNc1cc(Cl)cnc1C(=O)c1cccc(OC)c1. The molecule has 1 N–H and O–H groups in total. The van der Waals surface area contributed by atoms with Crippen LogP contribution in [0.15, 0.2) is 36.5 Å². The first-order chi connectivity index (χ1) is 9.15. The summed E-state index contributed by atoms with van der Waals surface area (Å²) in [6, 6.07) is 8.62. The van der Waals surface area contributed by atoms with Crippen molar-refractivity contribution >= 4 is 23.1 Å². The number of aromatic nitrogens is 1. The minimum atomic E-state index is -0.181. The van der Waals surface area contributed by atoms with Crippen molar-refractivity contribution in [1.82, 2.24) is 4.98 Å². The molecule has 4 nitrogen and oxygen atoms in total. The zero-order valence-electron chi connectivity index (χ0n) is 10.6. The van der Waals surface area contributed by atoms with Gasteiger partial charge in [-0.1, -0.05) is 23.7 Å². The molecule has 0 amide bonds. The quantitative estimate of drug-likeness (QED) is 0.872. The van der Waals surface area contributed by atoms with Crippen molar-refractivity contribution < 1.29 is 9.53 Å². The lowest BCUT2D eigenvalue weighted by molar-refractivity contribution is 0.103. The number of rotatable bonds is 4. The first-order valence-corrected chi connectivity index (χ1v) is 6.05. The Balaban J connectivity index is 2.43. The van der Waals surface area contributed by atoms with Gasteiger partial charge in [-0.05, 0) is 18.2 Å². The predicted molar refractivity (Wildman–Crippen MR) is 75.2 cm³/mol. The predicted octanol–water partition coefficient (Wildman–Crippen LogP) is 3.02. The Morgan fingerprint density at radius 3 is 2.84 bits per heavy atom. The van der Waals surface area contributed by atoms with Crippen LogP contribution >= 0.6 is 11.6 Å². The standard InChI is InChI=1S/C14H13ClN2O2/c1-16-12-7-10(15)8-17-13(12)14(18)9-4-3-5-11(6-9)19-2/h3-8,16H,1-2H3. The summed E-state index contributed by atoms with van der Waals surface area (Å²) in [7, 11) is 3.28. The van der Waals surface area contributed by atoms with Gasteiger partial charge < -0.3 is 10.1 Å². The van der Waals surface area contributed by atoms with Crippen LogP contribution in [-0.2, 0) is 0 Å². The number of ketones is 1. The number of hydrogen-bond acceptors (Lipinski definition) is 4. The lowest BCUT2D eigenvalue weighted by atomic mass is 10.1. The van der Waals surface area contributed by atoms with E-state index in [4.69, 9.17) is 16.3 Å². The number of hydrogen-bond donors (Lipinski definition) is 1. The molecule has 0 spiro atoms. The average Bonchev–Trinajstić information content (AvgIpc) is 2.46. The molecule has 0 fully saturated rings. The Hall–Kier alpha value is -2.07. The van der Waals surface area contributed by atoms with Crippen LogP contribution in [0.25, 0.3) is 0 Å². The molecule has 1 aromatic heterocycles. The van der Waals surface area contributed by atoms with Crippen molar-refractivity contribution in [3.8, 4) is 5.75 Å². The number of nitrogens with zero attached hydrogens (tertiary/aromatic N) is 1. The van der Waals surface area contributed by atoms with E-state index >= 15 is 0 Å². The molecule has 0 saturated heterocycles. The van der Waals surface area contributed by atoms with Gasteiger partial charge >= 0.3 is 0 Å². The Morgan fingerprint density at radius 1 is 1.37 bits per heavy atom. The van der Waals surface area contributed by atoms with Crippen LogP contribution < -0.4 is 10.1 Å². The summed E-state index contributed by atoms with van der Waals surface area (Å²) in [6.45, 7) is 0. The molecule has 0 bridgehead atoms. The van der Waals surface area contributed by atoms with Crippen LogP contribution in [0.1, 0.15) is 16.1 Å². The second-order valence-corrected chi connectivity index (χ2v) is 4.30. The molecule has 2 rings (SSSR count). The van der Waals surface area contributed by atoms with Gasteiger partial charge in [0.15, 0.2) is 0 Å². The third kappa shape index (κ3) is 2.85. The number of carbonyl (C=O) groups is 1. The minimum Gasteiger partial charge on any atom is -0.497 e. The number of benzene rings is 1. The monoisotopic (exact) mass is 276 g/mol. The first-order valence-electron chi connectivity index (χ1n) is 5.67. The number of anilines is 1. The largest absolute Gasteiger partial charge is 0.497 e. The summed E-state index contributed by atoms with van der Waals surface area (Å²) in [5, 5.41) is 3.39. The molecule has 0 aliphatic rings. The van der Waals surface area contributed by atoms with Crippen molar-refractivity contribution in [2.45, 2.75) is 0 Å². The third-order valence-electron chi connectivity index (χ3n) is 2.67. The summed E-state index contributed by atoms with van der Waals surface area (Å²) in [6.07, 6.45) is 1.45. The van der Waals surface area contributed by atoms with Crippen LogP contribution in [0, 0.1) is 0 Å². The van der Waals surface area contributed by atoms with Gasteiger partial charge in [0, 0.05) is 18.8 Å². The highest BCUT2D eigenvalue weighted by Crippen LogP contribution is 2.22. The molecule has 0 aliphatic heterocycles. The average molecular weight is 277 g/mol. The lowest BCUT2D eigenvalue weighted by Gasteiger charge is -2.08. The maximum atomic E-state index is 12.4. The highest BCUT2D eigenvalue weighted by molar-refractivity contribution is 6.31. The van der Waals surface area contributed by atoms with Crippen molar-refractivity contribution in [2.75, 3.05) is 19.5 Å². The van der Waals surface area contributed by atoms with Gasteiger partial charge in [-0.25, -0.2) is 4.98 Å². The molecule has 2 aromatic rings. The maximum absolute atomic E-state index is 12.4. The van der Waals surface area contributed by atoms with Gasteiger partial charge in [-0.3, -0.25) is 4.79 Å². The molecule has 1 heterocycles. The molecule has 98 valence electrons. The fourth-order valence-electron chi connectivity index (χ4n) is 1.71. The van der Waals surface area contributed by atoms with Crippen LogP contribution in [0.4, 0.5) is 5.69 Å². The van der Waals surface area contributed by atoms with Gasteiger partial charge in [0.05, 0.1) is 17.8 Å². The zero-order valence-corrected chi connectivity index (χ0v) is 11.4. The van der Waals surface area contributed by atoms with Gasteiger partial charge in [-0.15, -0.1) is 0 Å². The van der Waals surface area contributed by atoms with E-state index < -0.39 is 0 Å². The topological polar surface area (TPSA) is 51.2 Å². The minimum absolute atomic E-state index is 0.181. The normalized spacial score (nSPS) is 10.1. The summed E-state index contributed by atoms with van der Waals surface area (Å²) in [5.41, 5.74) is 1.45. The number of carbonyl (C=O) groups excluding carboxylic acids is 1. The van der Waals surface area contributed by atoms with Gasteiger partial charge in [0.25, 0.3) is 0 Å². The third-order valence-corrected chi connectivity index (χ3v) is 2.88. The summed E-state index contributed by atoms with van der Waals surface area (Å²) in [4.78, 5) is 16.5. The Morgan fingerprint density at radius 2 is 2.16 bits per heavy atom. The lowest BCUT2D eigenvalue weighted by Crippen LogP contribution is -2.08. The van der Waals surface area contributed by atoms with Crippen LogP contribution in [0.3, 0.4) is 0 Å². The molecule has 0 radical (unpaired) electrons. The molecule has 1 aromatic carbocycles. The fourth-order valence-corrected chi connectivity index (χ4v) is 1.87.